The number of rotatable bonds is 6. The lowest BCUT2D eigenvalue weighted by Crippen LogP contribution is -2.49. The summed E-state index contributed by atoms with van der Waals surface area (Å²) in [7, 11) is 0. The third-order valence-electron chi connectivity index (χ3n) is 3.42. The van der Waals surface area contributed by atoms with Crippen LogP contribution in [0.4, 0.5) is 0 Å². The van der Waals surface area contributed by atoms with Crippen molar-refractivity contribution < 1.29 is 14.0 Å². The van der Waals surface area contributed by atoms with Crippen LogP contribution >= 0.6 is 0 Å². The van der Waals surface area contributed by atoms with Gasteiger partial charge in [0.15, 0.2) is 0 Å². The van der Waals surface area contributed by atoms with Crippen LogP contribution in [0.15, 0.2) is 0 Å². The molecule has 0 bridgehead atoms. The number of esters is 1. The van der Waals surface area contributed by atoms with E-state index in [0.29, 0.717) is 6.61 Å². The summed E-state index contributed by atoms with van der Waals surface area (Å²) in [6, 6.07) is 0. The van der Waals surface area contributed by atoms with E-state index in [9.17, 15) is 4.79 Å². The molecule has 0 saturated heterocycles. The predicted molar refractivity (Wildman–Crippen MR) is 67.2 cm³/mol. The van der Waals surface area contributed by atoms with Crippen LogP contribution in [-0.2, 0) is 9.53 Å². The Hall–Kier alpha value is -0.570. The summed E-state index contributed by atoms with van der Waals surface area (Å²) in [5, 5.41) is 0. The largest absolute Gasteiger partial charge is 0.459 e. The number of hydrogen-bond donors (Lipinski definition) is 0. The van der Waals surface area contributed by atoms with Crippen LogP contribution in [0.1, 0.15) is 41.5 Å². The summed E-state index contributed by atoms with van der Waals surface area (Å²) in [6.07, 6.45) is 0. The van der Waals surface area contributed by atoms with Gasteiger partial charge in [-0.05, 0) is 41.5 Å². The zero-order chi connectivity index (χ0) is 12.8. The molecule has 3 heteroatoms. The number of ether oxygens (including phenoxy) is 1. The lowest BCUT2D eigenvalue weighted by molar-refractivity contribution is -0.923. The summed E-state index contributed by atoms with van der Waals surface area (Å²) in [4.78, 5) is 11.6. The molecular weight excluding hydrogens is 202 g/mol. The fourth-order valence-corrected chi connectivity index (χ4v) is 1.69. The molecule has 0 aliphatic rings. The Bertz CT molecular complexity index is 206. The van der Waals surface area contributed by atoms with Gasteiger partial charge in [-0.25, -0.2) is 0 Å². The Morgan fingerprint density at radius 3 is 1.81 bits per heavy atom. The van der Waals surface area contributed by atoms with Crippen molar-refractivity contribution in [2.45, 2.75) is 41.5 Å². The Morgan fingerprint density at radius 1 is 1.06 bits per heavy atom. The maximum absolute atomic E-state index is 11.6. The zero-order valence-corrected chi connectivity index (χ0v) is 11.8. The fourth-order valence-electron chi connectivity index (χ4n) is 1.69. The van der Waals surface area contributed by atoms with Gasteiger partial charge in [0.1, 0.15) is 13.2 Å². The van der Waals surface area contributed by atoms with Gasteiger partial charge in [0, 0.05) is 0 Å². The van der Waals surface area contributed by atoms with Crippen LogP contribution in [0.3, 0.4) is 0 Å². The third-order valence-corrected chi connectivity index (χ3v) is 3.42. The molecule has 0 aromatic heterocycles. The highest BCUT2D eigenvalue weighted by atomic mass is 16.5. The van der Waals surface area contributed by atoms with E-state index in [2.05, 4.69) is 20.8 Å². The van der Waals surface area contributed by atoms with Gasteiger partial charge in [-0.1, -0.05) is 0 Å². The Kier molecular flexibility index (Phi) is 6.01. The van der Waals surface area contributed by atoms with E-state index < -0.39 is 0 Å². The van der Waals surface area contributed by atoms with Crippen LogP contribution < -0.4 is 0 Å². The molecule has 96 valence electrons. The Balaban J connectivity index is 4.11. The average molecular weight is 230 g/mol. The Morgan fingerprint density at radius 2 is 1.50 bits per heavy atom. The summed E-state index contributed by atoms with van der Waals surface area (Å²) in [6.45, 7) is 17.0. The van der Waals surface area contributed by atoms with E-state index in [0.717, 1.165) is 30.7 Å². The molecule has 0 aliphatic heterocycles. The van der Waals surface area contributed by atoms with Gasteiger partial charge in [-0.2, -0.15) is 0 Å². The molecule has 3 nitrogen and oxygen atoms in total. The molecule has 0 heterocycles. The first-order chi connectivity index (χ1) is 7.31. The minimum Gasteiger partial charge on any atom is -0.459 e. The molecule has 0 aliphatic carbocycles. The molecule has 0 atom stereocenters. The van der Waals surface area contributed by atoms with Crippen molar-refractivity contribution in [1.82, 2.24) is 0 Å². The van der Waals surface area contributed by atoms with E-state index in [1.165, 1.54) is 0 Å². The molecule has 0 radical (unpaired) electrons. The number of carbonyl (C=O) groups is 1. The van der Waals surface area contributed by atoms with Gasteiger partial charge in [0.25, 0.3) is 0 Å². The second-order valence-corrected chi connectivity index (χ2v) is 5.40. The summed E-state index contributed by atoms with van der Waals surface area (Å²) in [5.74, 6) is -0.103. The van der Waals surface area contributed by atoms with Crippen molar-refractivity contribution in [3.63, 3.8) is 0 Å². The highest BCUT2D eigenvalue weighted by Gasteiger charge is 2.25. The van der Waals surface area contributed by atoms with Gasteiger partial charge in [-0.15, -0.1) is 0 Å². The van der Waals surface area contributed by atoms with Crippen molar-refractivity contribution >= 4 is 5.97 Å². The molecule has 0 rings (SSSR count). The van der Waals surface area contributed by atoms with Crippen molar-refractivity contribution in [2.24, 2.45) is 5.41 Å². The van der Waals surface area contributed by atoms with Gasteiger partial charge in [0.2, 0.25) is 0 Å². The topological polar surface area (TPSA) is 26.3 Å². The molecule has 0 N–H and O–H groups in total. The molecule has 0 saturated carbocycles. The first-order valence-electron chi connectivity index (χ1n) is 6.33. The SMILES string of the molecule is CC[N+](CC)(CC)CCOC(=O)C(C)(C)C. The maximum Gasteiger partial charge on any atom is 0.311 e. The van der Waals surface area contributed by atoms with E-state index in [1.807, 2.05) is 20.8 Å². The molecule has 0 aromatic rings. The van der Waals surface area contributed by atoms with Crippen LogP contribution in [0.2, 0.25) is 0 Å². The van der Waals surface area contributed by atoms with Gasteiger partial charge >= 0.3 is 5.97 Å². The minimum absolute atomic E-state index is 0.103. The maximum atomic E-state index is 11.6. The van der Waals surface area contributed by atoms with Gasteiger partial charge in [0.05, 0.1) is 25.0 Å². The number of hydrogen-bond acceptors (Lipinski definition) is 2. The van der Waals surface area contributed by atoms with Crippen LogP contribution in [0, 0.1) is 5.41 Å². The van der Waals surface area contributed by atoms with Gasteiger partial charge < -0.3 is 9.22 Å². The number of quaternary nitrogens is 1. The van der Waals surface area contributed by atoms with Crippen LogP contribution in [0.25, 0.3) is 0 Å². The van der Waals surface area contributed by atoms with Crippen molar-refractivity contribution in [2.75, 3.05) is 32.8 Å². The van der Waals surface area contributed by atoms with E-state index in [-0.39, 0.29) is 11.4 Å². The third kappa shape index (κ3) is 4.52. The molecule has 0 spiro atoms. The normalized spacial score (nSPS) is 12.6. The highest BCUT2D eigenvalue weighted by molar-refractivity contribution is 5.75. The number of carbonyl (C=O) groups excluding carboxylic acids is 1. The molecule has 0 aromatic carbocycles. The second kappa shape index (κ2) is 6.24. The lowest BCUT2D eigenvalue weighted by atomic mass is 9.97. The monoisotopic (exact) mass is 230 g/mol. The number of likely N-dealkylation sites (N-methyl/N-ethyl adjacent to an activating group) is 1. The summed E-state index contributed by atoms with van der Waals surface area (Å²) in [5.41, 5.74) is -0.389. The van der Waals surface area contributed by atoms with Crippen molar-refractivity contribution in [3.05, 3.63) is 0 Å². The minimum atomic E-state index is -0.389. The molecule has 16 heavy (non-hydrogen) atoms. The smallest absolute Gasteiger partial charge is 0.311 e. The highest BCUT2D eigenvalue weighted by Crippen LogP contribution is 2.15. The Labute approximate surface area is 100 Å². The van der Waals surface area contributed by atoms with Crippen LogP contribution in [0.5, 0.6) is 0 Å². The van der Waals surface area contributed by atoms with Crippen molar-refractivity contribution in [3.8, 4) is 0 Å². The molecule has 0 amide bonds. The lowest BCUT2D eigenvalue weighted by Gasteiger charge is -2.35. The number of nitrogens with zero attached hydrogens (tertiary/aromatic N) is 1. The van der Waals surface area contributed by atoms with Crippen LogP contribution in [-0.4, -0.2) is 43.2 Å². The summed E-state index contributed by atoms with van der Waals surface area (Å²) < 4.78 is 6.34. The summed E-state index contributed by atoms with van der Waals surface area (Å²) >= 11 is 0. The quantitative estimate of drug-likeness (QED) is 0.517. The van der Waals surface area contributed by atoms with Crippen molar-refractivity contribution in [1.29, 1.82) is 0 Å². The average Bonchev–Trinajstić information content (AvgIpc) is 2.23. The zero-order valence-electron chi connectivity index (χ0n) is 11.8. The first-order valence-corrected chi connectivity index (χ1v) is 6.33. The fraction of sp³-hybridized carbons (Fsp3) is 0.923. The molecular formula is C13H28NO2+. The predicted octanol–water partition coefficient (Wildman–Crippen LogP) is 2.45. The molecule has 0 fully saturated rings. The van der Waals surface area contributed by atoms with E-state index in [4.69, 9.17) is 4.74 Å². The standard InChI is InChI=1S/C13H28NO2/c1-7-14(8-2,9-3)10-11-16-12(15)13(4,5)6/h7-11H2,1-6H3/q+1. The van der Waals surface area contributed by atoms with E-state index >= 15 is 0 Å². The molecule has 0 unspecified atom stereocenters. The first kappa shape index (κ1) is 15.4. The van der Waals surface area contributed by atoms with E-state index in [1.54, 1.807) is 0 Å². The van der Waals surface area contributed by atoms with Gasteiger partial charge in [-0.3, -0.25) is 4.79 Å². The second-order valence-electron chi connectivity index (χ2n) is 5.40.